The van der Waals surface area contributed by atoms with Crippen molar-refractivity contribution in [1.82, 2.24) is 14.7 Å². The zero-order chi connectivity index (χ0) is 14.0. The largest absolute Gasteiger partial charge is 0.343 e. The van der Waals surface area contributed by atoms with Gasteiger partial charge < -0.3 is 4.90 Å². The predicted octanol–water partition coefficient (Wildman–Crippen LogP) is 2.75. The smallest absolute Gasteiger partial charge is 0.219 e. The van der Waals surface area contributed by atoms with Gasteiger partial charge in [-0.15, -0.1) is 0 Å². The molecule has 0 N–H and O–H groups in total. The molecule has 0 bridgehead atoms. The molecule has 1 fully saturated rings. The number of nitrogens with zero attached hydrogens (tertiary/aromatic N) is 3. The van der Waals surface area contributed by atoms with Crippen molar-refractivity contribution in [2.45, 2.75) is 58.9 Å². The molecule has 0 radical (unpaired) electrons. The van der Waals surface area contributed by atoms with Crippen molar-refractivity contribution < 1.29 is 4.79 Å². The van der Waals surface area contributed by atoms with E-state index in [1.165, 1.54) is 11.4 Å². The molecule has 1 aromatic heterocycles. The first-order valence-electron chi connectivity index (χ1n) is 7.36. The Bertz CT molecular complexity index is 442. The molecular formula is C15H25N3O. The van der Waals surface area contributed by atoms with Gasteiger partial charge in [-0.2, -0.15) is 5.10 Å². The normalized spacial score (nSPS) is 17.2. The van der Waals surface area contributed by atoms with Crippen LogP contribution in [0.25, 0.3) is 0 Å². The van der Waals surface area contributed by atoms with Crippen LogP contribution in [0.1, 0.15) is 63.9 Å². The van der Waals surface area contributed by atoms with Crippen molar-refractivity contribution >= 4 is 5.91 Å². The van der Waals surface area contributed by atoms with Gasteiger partial charge in [-0.25, -0.2) is 0 Å². The Balaban J connectivity index is 2.14. The molecule has 19 heavy (non-hydrogen) atoms. The van der Waals surface area contributed by atoms with Gasteiger partial charge in [0.25, 0.3) is 0 Å². The lowest BCUT2D eigenvalue weighted by Crippen LogP contribution is -2.36. The molecule has 0 aromatic carbocycles. The zero-order valence-corrected chi connectivity index (χ0v) is 12.5. The number of amides is 1. The van der Waals surface area contributed by atoms with Crippen molar-refractivity contribution in [2.75, 3.05) is 13.1 Å². The number of hydrogen-bond donors (Lipinski definition) is 0. The molecule has 0 aliphatic carbocycles. The second-order valence-electron chi connectivity index (χ2n) is 5.73. The summed E-state index contributed by atoms with van der Waals surface area (Å²) in [5.74, 6) is 0.746. The van der Waals surface area contributed by atoms with Gasteiger partial charge >= 0.3 is 0 Å². The third kappa shape index (κ3) is 2.99. The summed E-state index contributed by atoms with van der Waals surface area (Å²) < 4.78 is 2.17. The van der Waals surface area contributed by atoms with Gasteiger partial charge in [0.15, 0.2) is 0 Å². The van der Waals surface area contributed by atoms with Crippen molar-refractivity contribution in [3.63, 3.8) is 0 Å². The Morgan fingerprint density at radius 1 is 1.42 bits per heavy atom. The predicted molar refractivity (Wildman–Crippen MR) is 76.2 cm³/mol. The standard InChI is InChI=1S/C15H25N3O/c1-5-14-10-15(18(16-14)11(2)3)13-6-8-17(9-7-13)12(4)19/h10-11,13H,5-9H2,1-4H3. The molecule has 1 saturated heterocycles. The number of hydrogen-bond acceptors (Lipinski definition) is 2. The first-order chi connectivity index (χ1) is 9.02. The fourth-order valence-electron chi connectivity index (χ4n) is 2.84. The monoisotopic (exact) mass is 263 g/mol. The van der Waals surface area contributed by atoms with E-state index < -0.39 is 0 Å². The maximum Gasteiger partial charge on any atom is 0.219 e. The van der Waals surface area contributed by atoms with Crippen LogP contribution in [-0.2, 0) is 11.2 Å². The van der Waals surface area contributed by atoms with Crippen LogP contribution < -0.4 is 0 Å². The van der Waals surface area contributed by atoms with E-state index in [1.54, 1.807) is 6.92 Å². The zero-order valence-electron chi connectivity index (χ0n) is 12.5. The van der Waals surface area contributed by atoms with Gasteiger partial charge in [-0.3, -0.25) is 9.48 Å². The van der Waals surface area contributed by atoms with Crippen LogP contribution >= 0.6 is 0 Å². The Hall–Kier alpha value is -1.32. The number of carbonyl (C=O) groups excluding carboxylic acids is 1. The first-order valence-corrected chi connectivity index (χ1v) is 7.36. The lowest BCUT2D eigenvalue weighted by atomic mass is 9.93. The highest BCUT2D eigenvalue weighted by Gasteiger charge is 2.25. The molecule has 0 spiro atoms. The summed E-state index contributed by atoms with van der Waals surface area (Å²) in [5, 5.41) is 4.69. The summed E-state index contributed by atoms with van der Waals surface area (Å²) >= 11 is 0. The molecule has 2 heterocycles. The van der Waals surface area contributed by atoms with E-state index in [9.17, 15) is 4.79 Å². The average molecular weight is 263 g/mol. The van der Waals surface area contributed by atoms with Gasteiger partial charge in [-0.1, -0.05) is 6.92 Å². The highest BCUT2D eigenvalue weighted by molar-refractivity contribution is 5.73. The second kappa shape index (κ2) is 5.76. The summed E-state index contributed by atoms with van der Waals surface area (Å²) in [4.78, 5) is 13.3. The average Bonchev–Trinajstić information content (AvgIpc) is 2.83. The molecule has 0 unspecified atom stereocenters. The van der Waals surface area contributed by atoms with Crippen LogP contribution in [0.3, 0.4) is 0 Å². The molecule has 1 aromatic rings. The van der Waals surface area contributed by atoms with Crippen LogP contribution in [0, 0.1) is 0 Å². The number of piperidine rings is 1. The van der Waals surface area contributed by atoms with Crippen molar-refractivity contribution in [3.05, 3.63) is 17.5 Å². The number of likely N-dealkylation sites (tertiary alicyclic amines) is 1. The van der Waals surface area contributed by atoms with Gasteiger partial charge in [-0.05, 0) is 39.2 Å². The van der Waals surface area contributed by atoms with Crippen LogP contribution in [0.2, 0.25) is 0 Å². The molecule has 2 rings (SSSR count). The van der Waals surface area contributed by atoms with E-state index in [4.69, 9.17) is 5.10 Å². The number of aromatic nitrogens is 2. The molecule has 1 amide bonds. The molecular weight excluding hydrogens is 238 g/mol. The molecule has 0 saturated carbocycles. The summed E-state index contributed by atoms with van der Waals surface area (Å²) in [5.41, 5.74) is 2.53. The maximum absolute atomic E-state index is 11.4. The van der Waals surface area contributed by atoms with Crippen LogP contribution in [0.15, 0.2) is 6.07 Å². The van der Waals surface area contributed by atoms with E-state index in [0.29, 0.717) is 12.0 Å². The van der Waals surface area contributed by atoms with E-state index in [2.05, 4.69) is 31.5 Å². The minimum atomic E-state index is 0.199. The summed E-state index contributed by atoms with van der Waals surface area (Å²) in [6, 6.07) is 2.66. The summed E-state index contributed by atoms with van der Waals surface area (Å²) in [6.07, 6.45) is 3.10. The Labute approximate surface area is 115 Å². The number of rotatable bonds is 3. The van der Waals surface area contributed by atoms with E-state index in [0.717, 1.165) is 32.4 Å². The molecule has 4 heteroatoms. The third-order valence-electron chi connectivity index (χ3n) is 4.03. The minimum Gasteiger partial charge on any atom is -0.343 e. The third-order valence-corrected chi connectivity index (χ3v) is 4.03. The highest BCUT2D eigenvalue weighted by Crippen LogP contribution is 2.30. The molecule has 1 aliphatic heterocycles. The van der Waals surface area contributed by atoms with Gasteiger partial charge in [0.05, 0.1) is 5.69 Å². The molecule has 106 valence electrons. The number of aryl methyl sites for hydroxylation is 1. The quantitative estimate of drug-likeness (QED) is 0.841. The Morgan fingerprint density at radius 3 is 2.53 bits per heavy atom. The van der Waals surface area contributed by atoms with E-state index >= 15 is 0 Å². The van der Waals surface area contributed by atoms with Gasteiger partial charge in [0.1, 0.15) is 0 Å². The molecule has 0 atom stereocenters. The lowest BCUT2D eigenvalue weighted by Gasteiger charge is -2.31. The Morgan fingerprint density at radius 2 is 2.05 bits per heavy atom. The van der Waals surface area contributed by atoms with Gasteiger partial charge in [0.2, 0.25) is 5.91 Å². The number of carbonyl (C=O) groups is 1. The fraction of sp³-hybridized carbons (Fsp3) is 0.733. The van der Waals surface area contributed by atoms with Crippen LogP contribution in [-0.4, -0.2) is 33.7 Å². The van der Waals surface area contributed by atoms with Crippen molar-refractivity contribution in [2.24, 2.45) is 0 Å². The lowest BCUT2D eigenvalue weighted by molar-refractivity contribution is -0.129. The summed E-state index contributed by atoms with van der Waals surface area (Å²) in [7, 11) is 0. The van der Waals surface area contributed by atoms with E-state index in [1.807, 2.05) is 4.90 Å². The van der Waals surface area contributed by atoms with Crippen LogP contribution in [0.5, 0.6) is 0 Å². The minimum absolute atomic E-state index is 0.199. The van der Waals surface area contributed by atoms with Gasteiger partial charge in [0, 0.05) is 37.7 Å². The first kappa shape index (κ1) is 14.1. The second-order valence-corrected chi connectivity index (χ2v) is 5.73. The fourth-order valence-corrected chi connectivity index (χ4v) is 2.84. The van der Waals surface area contributed by atoms with Crippen molar-refractivity contribution in [3.8, 4) is 0 Å². The Kier molecular flexibility index (Phi) is 4.27. The SMILES string of the molecule is CCc1cc(C2CCN(C(C)=O)CC2)n(C(C)C)n1. The topological polar surface area (TPSA) is 38.1 Å². The molecule has 1 aliphatic rings. The summed E-state index contributed by atoms with van der Waals surface area (Å²) in [6.45, 7) is 9.93. The van der Waals surface area contributed by atoms with E-state index in [-0.39, 0.29) is 5.91 Å². The van der Waals surface area contributed by atoms with Crippen molar-refractivity contribution in [1.29, 1.82) is 0 Å². The maximum atomic E-state index is 11.4. The molecule has 4 nitrogen and oxygen atoms in total. The highest BCUT2D eigenvalue weighted by atomic mass is 16.2. The van der Waals surface area contributed by atoms with Crippen LogP contribution in [0.4, 0.5) is 0 Å².